The summed E-state index contributed by atoms with van der Waals surface area (Å²) in [7, 11) is -2.87. The van der Waals surface area contributed by atoms with Crippen molar-refractivity contribution in [1.82, 2.24) is 0 Å². The molecule has 0 fully saturated rings. The Morgan fingerprint density at radius 3 is 1.71 bits per heavy atom. The van der Waals surface area contributed by atoms with Crippen LogP contribution in [0.4, 0.5) is 0 Å². The maximum absolute atomic E-state index is 2.76. The zero-order chi connectivity index (χ0) is 25.5. The molecule has 0 amide bonds. The summed E-state index contributed by atoms with van der Waals surface area (Å²) >= 11 is -2.49. The molecule has 2 aliphatic carbocycles. The van der Waals surface area contributed by atoms with E-state index in [-0.39, 0.29) is 24.8 Å². The van der Waals surface area contributed by atoms with Gasteiger partial charge in [0, 0.05) is 0 Å². The Bertz CT molecular complexity index is 1370. The molecule has 2 aliphatic rings. The van der Waals surface area contributed by atoms with Crippen LogP contribution < -0.4 is 24.8 Å². The van der Waals surface area contributed by atoms with E-state index in [0.29, 0.717) is 3.63 Å². The fourth-order valence-corrected chi connectivity index (χ4v) is 20.7. The fourth-order valence-electron chi connectivity index (χ4n) is 5.81. The molecule has 0 nitrogen and oxygen atoms in total. The van der Waals surface area contributed by atoms with Gasteiger partial charge < -0.3 is 24.8 Å². The molecular weight excluding hydrogens is 615 g/mol. The summed E-state index contributed by atoms with van der Waals surface area (Å²) in [6.45, 7) is 15.3. The van der Waals surface area contributed by atoms with Gasteiger partial charge in [0.15, 0.2) is 0 Å². The van der Waals surface area contributed by atoms with Crippen LogP contribution >= 0.6 is 0 Å². The van der Waals surface area contributed by atoms with Crippen LogP contribution in [0.15, 0.2) is 111 Å². The second kappa shape index (κ2) is 12.4. The van der Waals surface area contributed by atoms with E-state index in [1.807, 2.05) is 5.20 Å². The second-order valence-electron chi connectivity index (χ2n) is 12.2. The van der Waals surface area contributed by atoms with E-state index >= 15 is 0 Å². The van der Waals surface area contributed by atoms with Crippen molar-refractivity contribution in [3.8, 4) is 0 Å². The van der Waals surface area contributed by atoms with Crippen LogP contribution in [0, 0.1) is 0 Å². The van der Waals surface area contributed by atoms with Crippen molar-refractivity contribution >= 4 is 25.4 Å². The molecule has 0 spiro atoms. The van der Waals surface area contributed by atoms with Crippen molar-refractivity contribution < 1.29 is 46.1 Å². The number of fused-ring (bicyclic) bond motifs is 1. The third-order valence-electron chi connectivity index (χ3n) is 7.57. The Labute approximate surface area is 252 Å². The Morgan fingerprint density at radius 1 is 0.684 bits per heavy atom. The minimum atomic E-state index is -2.49. The van der Waals surface area contributed by atoms with Gasteiger partial charge in [0.25, 0.3) is 0 Å². The van der Waals surface area contributed by atoms with Crippen molar-refractivity contribution in [1.29, 1.82) is 0 Å². The van der Waals surface area contributed by atoms with E-state index < -0.39 is 37.4 Å². The SMILES string of the molecule is C[Si](C)(C)C1=C([Si](C)(C)C)C[C]([Zr+2](=[C](c2ccccc2)c2ccccc2)[CH]2C=Cc3ccccc32)=C1.[Cl-].[Cl-]. The summed E-state index contributed by atoms with van der Waals surface area (Å²) in [4.78, 5) is 0. The van der Waals surface area contributed by atoms with Gasteiger partial charge in [0.2, 0.25) is 0 Å². The molecule has 1 atom stereocenters. The standard InChI is InChI=1S/C13H10.C11H21Si2.C9H7.2ClH.Zr/c1-3-7-12(8-4-1)11-13-9-5-2-6-10-13;1-12(2,3)10-8-7-9-11(10)13(4,5)6;1-2-5-9-7-3-6-8(9)4-1;;;/h1-10H;8H,9H2,1-6H3;1-7H;2*1H;/q;;;;;+2/p-2. The van der Waals surface area contributed by atoms with Crippen molar-refractivity contribution in [2.24, 2.45) is 0 Å². The molecule has 5 rings (SSSR count). The summed E-state index contributed by atoms with van der Waals surface area (Å²) < 4.78 is 4.00. The van der Waals surface area contributed by atoms with Gasteiger partial charge in [-0.3, -0.25) is 0 Å². The molecule has 0 saturated heterocycles. The molecule has 5 heteroatoms. The molecule has 3 aromatic rings. The Hall–Kier alpha value is -1.35. The van der Waals surface area contributed by atoms with Gasteiger partial charge in [-0.1, -0.05) is 0 Å². The Morgan fingerprint density at radius 2 is 1.21 bits per heavy atom. The first-order valence-corrected chi connectivity index (χ1v) is 24.1. The fraction of sp³-hybridized carbons (Fsp3) is 0.242. The molecule has 0 aliphatic heterocycles. The molecule has 0 radical (unpaired) electrons. The molecule has 3 aromatic carbocycles. The molecule has 196 valence electrons. The van der Waals surface area contributed by atoms with Crippen molar-refractivity contribution in [2.75, 3.05) is 0 Å². The normalized spacial score (nSPS) is 16.1. The van der Waals surface area contributed by atoms with Crippen LogP contribution in [0.2, 0.25) is 39.3 Å². The smallest absolute Gasteiger partial charge is 1.00 e. The molecule has 0 N–H and O–H groups in total. The van der Waals surface area contributed by atoms with Crippen LogP contribution in [0.25, 0.3) is 6.08 Å². The number of halogens is 2. The van der Waals surface area contributed by atoms with E-state index in [1.165, 1.54) is 23.1 Å². The molecule has 38 heavy (non-hydrogen) atoms. The average Bonchev–Trinajstić information content (AvgIpc) is 3.49. The van der Waals surface area contributed by atoms with E-state index in [1.54, 1.807) is 17.2 Å². The van der Waals surface area contributed by atoms with Crippen molar-refractivity contribution in [3.63, 3.8) is 0 Å². The summed E-state index contributed by atoms with van der Waals surface area (Å²) in [5.41, 5.74) is 5.82. The van der Waals surface area contributed by atoms with Crippen LogP contribution in [-0.2, 0) is 21.3 Å². The minimum Gasteiger partial charge on any atom is -1.00 e. The third kappa shape index (κ3) is 6.34. The largest absolute Gasteiger partial charge is 1.00 e. The Balaban J connectivity index is 0.00000200. The summed E-state index contributed by atoms with van der Waals surface area (Å²) in [6.07, 6.45) is 8.94. The molecule has 1 unspecified atom stereocenters. The number of hydrogen-bond acceptors (Lipinski definition) is 0. The number of allylic oxidation sites excluding steroid dienone is 5. The summed E-state index contributed by atoms with van der Waals surface area (Å²) in [6, 6.07) is 31.8. The number of benzene rings is 3. The first-order valence-electron chi connectivity index (χ1n) is 13.2. The van der Waals surface area contributed by atoms with Gasteiger partial charge in [-0.15, -0.1) is 0 Å². The third-order valence-corrected chi connectivity index (χ3v) is 20.1. The second-order valence-corrected chi connectivity index (χ2v) is 28.7. The minimum absolute atomic E-state index is 0. The molecule has 0 bridgehead atoms. The van der Waals surface area contributed by atoms with Gasteiger partial charge in [-0.25, -0.2) is 0 Å². The van der Waals surface area contributed by atoms with E-state index in [4.69, 9.17) is 0 Å². The maximum atomic E-state index is 2.76. The van der Waals surface area contributed by atoms with Crippen molar-refractivity contribution in [2.45, 2.75) is 49.3 Å². The van der Waals surface area contributed by atoms with E-state index in [2.05, 4.69) is 142 Å². The van der Waals surface area contributed by atoms with Crippen LogP contribution in [0.3, 0.4) is 0 Å². The Kier molecular flexibility index (Phi) is 10.2. The zero-order valence-electron chi connectivity index (χ0n) is 23.4. The number of rotatable bonds is 6. The first kappa shape index (κ1) is 31.2. The monoisotopic (exact) mass is 650 g/mol. The van der Waals surface area contributed by atoms with Gasteiger partial charge in [-0.05, 0) is 0 Å². The van der Waals surface area contributed by atoms with E-state index in [0.717, 1.165) is 0 Å². The van der Waals surface area contributed by atoms with Crippen molar-refractivity contribution in [3.05, 3.63) is 133 Å². The van der Waals surface area contributed by atoms with Gasteiger partial charge in [0.1, 0.15) is 0 Å². The van der Waals surface area contributed by atoms with Gasteiger partial charge in [0.05, 0.1) is 0 Å². The average molecular weight is 653 g/mol. The predicted molar refractivity (Wildman–Crippen MR) is 161 cm³/mol. The topological polar surface area (TPSA) is 0 Å². The molecule has 0 saturated carbocycles. The molecule has 0 aromatic heterocycles. The van der Waals surface area contributed by atoms with Gasteiger partial charge >= 0.3 is 229 Å². The van der Waals surface area contributed by atoms with Crippen LogP contribution in [-0.4, -0.2) is 19.4 Å². The quantitative estimate of drug-likeness (QED) is 0.360. The molecule has 0 heterocycles. The van der Waals surface area contributed by atoms with Crippen LogP contribution in [0.5, 0.6) is 0 Å². The van der Waals surface area contributed by atoms with Gasteiger partial charge in [-0.2, -0.15) is 0 Å². The predicted octanol–water partition coefficient (Wildman–Crippen LogP) is 2.99. The molecular formula is C33H38Cl2Si2Zr. The van der Waals surface area contributed by atoms with E-state index in [9.17, 15) is 0 Å². The summed E-state index contributed by atoms with van der Waals surface area (Å²) in [5.74, 6) is 0. The van der Waals surface area contributed by atoms with Crippen LogP contribution in [0.1, 0.15) is 32.3 Å². The number of hydrogen-bond donors (Lipinski definition) is 0. The zero-order valence-corrected chi connectivity index (χ0v) is 29.3. The summed E-state index contributed by atoms with van der Waals surface area (Å²) in [5, 5.41) is 3.61. The maximum Gasteiger partial charge on any atom is -1.00 e. The first-order chi connectivity index (χ1) is 17.1.